The fraction of sp³-hybridized carbons (Fsp3) is 0.324. The summed E-state index contributed by atoms with van der Waals surface area (Å²) < 4.78 is 11.4. The molecular weight excluding hydrogens is 524 g/mol. The van der Waals surface area contributed by atoms with Crippen molar-refractivity contribution >= 4 is 38.4 Å². The predicted octanol–water partition coefficient (Wildman–Crippen LogP) is 7.05. The number of fused-ring (bicyclic) bond motifs is 4. The van der Waals surface area contributed by atoms with Crippen LogP contribution in [0.2, 0.25) is 0 Å². The Balaban J connectivity index is 1.42. The number of nitrogens with one attached hydrogen (secondary N) is 1. The van der Waals surface area contributed by atoms with Crippen LogP contribution >= 0.6 is 0 Å². The number of aryl methyl sites for hydroxylation is 3. The summed E-state index contributed by atoms with van der Waals surface area (Å²) in [6, 6.07) is 18.0. The molecule has 7 rings (SSSR count). The Morgan fingerprint density at radius 2 is 1.64 bits per heavy atom. The molecule has 8 nitrogen and oxygen atoms in total. The molecule has 0 saturated carbocycles. The highest BCUT2D eigenvalue weighted by atomic mass is 16.5. The van der Waals surface area contributed by atoms with E-state index in [9.17, 15) is 0 Å². The second kappa shape index (κ2) is 10.1. The lowest BCUT2D eigenvalue weighted by Gasteiger charge is -2.38. The smallest absolute Gasteiger partial charge is 0.142 e. The largest absolute Gasteiger partial charge is 0.496 e. The quantitative estimate of drug-likeness (QED) is 0.242. The van der Waals surface area contributed by atoms with Gasteiger partial charge in [0.15, 0.2) is 0 Å². The van der Waals surface area contributed by atoms with E-state index < -0.39 is 0 Å². The summed E-state index contributed by atoms with van der Waals surface area (Å²) in [5, 5.41) is 8.61. The van der Waals surface area contributed by atoms with Crippen LogP contribution in [0.25, 0.3) is 55.1 Å². The molecule has 1 fully saturated rings. The molecule has 1 aliphatic rings. The summed E-state index contributed by atoms with van der Waals surface area (Å²) >= 11 is 0. The third-order valence-corrected chi connectivity index (χ3v) is 8.73. The third-order valence-electron chi connectivity index (χ3n) is 8.73. The molecule has 4 heterocycles. The molecule has 6 aromatic rings. The Morgan fingerprint density at radius 1 is 0.881 bits per heavy atom. The van der Waals surface area contributed by atoms with Crippen molar-refractivity contribution < 1.29 is 9.26 Å². The molecule has 0 bridgehead atoms. The van der Waals surface area contributed by atoms with E-state index in [0.717, 1.165) is 93.5 Å². The Labute approximate surface area is 245 Å². The van der Waals surface area contributed by atoms with Gasteiger partial charge in [-0.3, -0.25) is 4.90 Å². The molecule has 0 unspecified atom stereocenters. The second-order valence-electron chi connectivity index (χ2n) is 11.6. The number of rotatable bonds is 5. The fourth-order valence-corrected chi connectivity index (χ4v) is 6.61. The summed E-state index contributed by atoms with van der Waals surface area (Å²) in [4.78, 5) is 18.5. The number of anilines is 1. The summed E-state index contributed by atoms with van der Waals surface area (Å²) in [7, 11) is 1.70. The van der Waals surface area contributed by atoms with Gasteiger partial charge in [-0.05, 0) is 58.2 Å². The van der Waals surface area contributed by atoms with Crippen LogP contribution in [0.4, 0.5) is 5.69 Å². The lowest BCUT2D eigenvalue weighted by Crippen LogP contribution is -2.48. The van der Waals surface area contributed by atoms with Crippen molar-refractivity contribution in [1.29, 1.82) is 0 Å². The molecule has 1 saturated heterocycles. The maximum Gasteiger partial charge on any atom is 0.142 e. The lowest BCUT2D eigenvalue weighted by atomic mass is 9.96. The van der Waals surface area contributed by atoms with Gasteiger partial charge in [0.1, 0.15) is 23.0 Å². The molecule has 3 aromatic heterocycles. The summed E-state index contributed by atoms with van der Waals surface area (Å²) in [6.45, 7) is 14.6. The molecule has 0 radical (unpaired) electrons. The molecule has 0 atom stereocenters. The maximum absolute atomic E-state index is 5.92. The first kappa shape index (κ1) is 26.5. The van der Waals surface area contributed by atoms with E-state index in [-0.39, 0.29) is 0 Å². The van der Waals surface area contributed by atoms with Crippen LogP contribution in [-0.2, 0) is 0 Å². The number of aromatic nitrogens is 4. The van der Waals surface area contributed by atoms with Crippen molar-refractivity contribution in [1.82, 2.24) is 25.0 Å². The van der Waals surface area contributed by atoms with E-state index >= 15 is 0 Å². The topological polar surface area (TPSA) is 83.3 Å². The molecule has 3 aromatic carbocycles. The van der Waals surface area contributed by atoms with Crippen molar-refractivity contribution in [3.05, 3.63) is 65.8 Å². The van der Waals surface area contributed by atoms with Crippen LogP contribution < -0.4 is 9.64 Å². The molecule has 214 valence electrons. The van der Waals surface area contributed by atoms with Crippen LogP contribution in [0.15, 0.2) is 53.1 Å². The average Bonchev–Trinajstić information content (AvgIpc) is 3.52. The highest BCUT2D eigenvalue weighted by Gasteiger charge is 2.24. The van der Waals surface area contributed by atoms with E-state index in [1.54, 1.807) is 7.11 Å². The Hall–Kier alpha value is -4.43. The Kier molecular flexibility index (Phi) is 6.39. The van der Waals surface area contributed by atoms with Gasteiger partial charge in [-0.1, -0.05) is 35.5 Å². The van der Waals surface area contributed by atoms with Crippen LogP contribution in [0, 0.1) is 20.8 Å². The molecule has 8 heteroatoms. The molecule has 1 N–H and O–H groups in total. The zero-order chi connectivity index (χ0) is 29.1. The molecular formula is C34H36N6O2. The summed E-state index contributed by atoms with van der Waals surface area (Å²) in [5.41, 5.74) is 7.79. The van der Waals surface area contributed by atoms with Gasteiger partial charge in [-0.15, -0.1) is 0 Å². The zero-order valence-corrected chi connectivity index (χ0v) is 25.1. The number of ether oxygens (including phenoxy) is 1. The van der Waals surface area contributed by atoms with Crippen molar-refractivity contribution in [3.8, 4) is 28.1 Å². The Morgan fingerprint density at radius 3 is 2.33 bits per heavy atom. The molecule has 0 amide bonds. The van der Waals surface area contributed by atoms with Crippen molar-refractivity contribution in [3.63, 3.8) is 0 Å². The van der Waals surface area contributed by atoms with Crippen molar-refractivity contribution in [2.75, 3.05) is 38.2 Å². The van der Waals surface area contributed by atoms with Gasteiger partial charge in [0, 0.05) is 65.3 Å². The lowest BCUT2D eigenvalue weighted by molar-refractivity contribution is 0.209. The highest BCUT2D eigenvalue weighted by molar-refractivity contribution is 6.16. The van der Waals surface area contributed by atoms with Gasteiger partial charge in [0.05, 0.1) is 29.4 Å². The second-order valence-corrected chi connectivity index (χ2v) is 11.6. The normalized spacial score (nSPS) is 14.6. The summed E-state index contributed by atoms with van der Waals surface area (Å²) in [5.74, 6) is 2.24. The minimum atomic E-state index is 0.574. The van der Waals surface area contributed by atoms with E-state index in [4.69, 9.17) is 19.2 Å². The number of piperazine rings is 1. The minimum absolute atomic E-state index is 0.574. The number of H-pyrrole nitrogens is 1. The number of hydrogen-bond acceptors (Lipinski definition) is 7. The number of hydrogen-bond donors (Lipinski definition) is 1. The first-order valence-corrected chi connectivity index (χ1v) is 14.7. The number of benzene rings is 3. The highest BCUT2D eigenvalue weighted by Crippen LogP contribution is 2.43. The van der Waals surface area contributed by atoms with Crippen LogP contribution in [0.5, 0.6) is 5.75 Å². The predicted molar refractivity (Wildman–Crippen MR) is 170 cm³/mol. The standard InChI is InChI=1S/C34H36N6O2/c1-19(2)39-13-15-40(16-14-39)29-12-11-25(23-9-7-8-10-24(23)29)33-32-26-18-30(41-6)27(31-20(3)38-42-21(31)4)17-28(26)37-34(32)36-22(5)35-33/h7-12,17-19H,13-16H2,1-6H3,(H,35,36,37). The first-order valence-electron chi connectivity index (χ1n) is 14.7. The molecule has 1 aliphatic heterocycles. The van der Waals surface area contributed by atoms with Crippen molar-refractivity contribution in [2.24, 2.45) is 0 Å². The van der Waals surface area contributed by atoms with Gasteiger partial charge in [0.25, 0.3) is 0 Å². The van der Waals surface area contributed by atoms with E-state index in [1.807, 2.05) is 20.8 Å². The van der Waals surface area contributed by atoms with E-state index in [0.29, 0.717) is 6.04 Å². The molecule has 42 heavy (non-hydrogen) atoms. The van der Waals surface area contributed by atoms with Crippen LogP contribution in [0.1, 0.15) is 31.1 Å². The Bertz CT molecular complexity index is 1940. The monoisotopic (exact) mass is 560 g/mol. The van der Waals surface area contributed by atoms with Crippen molar-refractivity contribution in [2.45, 2.75) is 40.7 Å². The number of methoxy groups -OCH3 is 1. The molecule has 0 aliphatic carbocycles. The fourth-order valence-electron chi connectivity index (χ4n) is 6.61. The van der Waals surface area contributed by atoms with Crippen LogP contribution in [0.3, 0.4) is 0 Å². The summed E-state index contributed by atoms with van der Waals surface area (Å²) in [6.07, 6.45) is 0. The van der Waals surface area contributed by atoms with Gasteiger partial charge >= 0.3 is 0 Å². The van der Waals surface area contributed by atoms with Gasteiger partial charge in [0.2, 0.25) is 0 Å². The third kappa shape index (κ3) is 4.20. The SMILES string of the molecule is COc1cc2c(cc1-c1c(C)noc1C)[nH]c1nc(C)nc(-c3ccc(N4CCN(C(C)C)CC4)c4ccccc34)c12. The molecule has 0 spiro atoms. The maximum atomic E-state index is 5.92. The minimum Gasteiger partial charge on any atom is -0.496 e. The number of aromatic amines is 1. The van der Waals surface area contributed by atoms with E-state index in [1.165, 1.54) is 16.5 Å². The van der Waals surface area contributed by atoms with E-state index in [2.05, 4.69) is 82.3 Å². The first-order chi connectivity index (χ1) is 20.3. The number of nitrogens with zero attached hydrogens (tertiary/aromatic N) is 5. The van der Waals surface area contributed by atoms with Crippen LogP contribution in [-0.4, -0.2) is 64.3 Å². The van der Waals surface area contributed by atoms with Gasteiger partial charge < -0.3 is 19.1 Å². The zero-order valence-electron chi connectivity index (χ0n) is 25.1. The average molecular weight is 561 g/mol. The van der Waals surface area contributed by atoms with Gasteiger partial charge in [-0.25, -0.2) is 9.97 Å². The van der Waals surface area contributed by atoms with Gasteiger partial charge in [-0.2, -0.15) is 0 Å².